The van der Waals surface area contributed by atoms with Crippen LogP contribution in [0.1, 0.15) is 5.56 Å². The van der Waals surface area contributed by atoms with Gasteiger partial charge in [0.25, 0.3) is 10.1 Å². The van der Waals surface area contributed by atoms with Crippen molar-refractivity contribution in [3.8, 4) is 0 Å². The third-order valence-electron chi connectivity index (χ3n) is 1.82. The molecule has 3 nitrogen and oxygen atoms in total. The summed E-state index contributed by atoms with van der Waals surface area (Å²) >= 11 is 0. The molecule has 0 bridgehead atoms. The van der Waals surface area contributed by atoms with E-state index in [4.69, 9.17) is 0 Å². The zero-order valence-electron chi connectivity index (χ0n) is 6.80. The van der Waals surface area contributed by atoms with Crippen LogP contribution in [0.4, 0.5) is 0 Å². The van der Waals surface area contributed by atoms with Gasteiger partial charge in [0.15, 0.2) is 0 Å². The van der Waals surface area contributed by atoms with Crippen LogP contribution in [0.3, 0.4) is 0 Å². The maximum absolute atomic E-state index is 11.3. The Labute approximate surface area is 76.8 Å². The van der Waals surface area contributed by atoms with Crippen LogP contribution in [-0.4, -0.2) is 15.0 Å². The summed E-state index contributed by atoms with van der Waals surface area (Å²) in [7, 11) is -3.48. The smallest absolute Gasteiger partial charge is 0.262 e. The van der Waals surface area contributed by atoms with Crippen LogP contribution >= 0.6 is 0 Å². The molecule has 0 atom stereocenters. The van der Waals surface area contributed by atoms with E-state index in [1.165, 1.54) is 0 Å². The lowest BCUT2D eigenvalue weighted by Crippen LogP contribution is -1.99. The Bertz CT molecular complexity index is 431. The van der Waals surface area contributed by atoms with Gasteiger partial charge >= 0.3 is 0 Å². The minimum absolute atomic E-state index is 0.145. The molecule has 68 valence electrons. The van der Waals surface area contributed by atoms with Gasteiger partial charge in [-0.25, -0.2) is 0 Å². The highest BCUT2D eigenvalue weighted by Crippen LogP contribution is 2.26. The minimum Gasteiger partial charge on any atom is -0.262 e. The second kappa shape index (κ2) is 2.97. The molecule has 0 N–H and O–H groups in total. The molecule has 0 aliphatic carbocycles. The van der Waals surface area contributed by atoms with Crippen LogP contribution < -0.4 is 0 Å². The topological polar surface area (TPSA) is 43.4 Å². The Kier molecular flexibility index (Phi) is 1.94. The molecule has 1 aliphatic rings. The van der Waals surface area contributed by atoms with E-state index in [2.05, 4.69) is 4.18 Å². The normalized spacial score (nSPS) is 19.8. The van der Waals surface area contributed by atoms with Gasteiger partial charge in [0, 0.05) is 0 Å². The van der Waals surface area contributed by atoms with Crippen molar-refractivity contribution < 1.29 is 12.6 Å². The molecule has 1 aromatic carbocycles. The van der Waals surface area contributed by atoms with Crippen molar-refractivity contribution in [1.29, 1.82) is 0 Å². The molecule has 2 rings (SSSR count). The second-order valence-corrected chi connectivity index (χ2v) is 4.26. The summed E-state index contributed by atoms with van der Waals surface area (Å²) in [6, 6.07) is 8.93. The molecule has 0 aromatic heterocycles. The van der Waals surface area contributed by atoms with Gasteiger partial charge in [0.05, 0.1) is 11.5 Å². The molecule has 1 heterocycles. The molecule has 0 saturated carbocycles. The number of hydrogen-bond acceptors (Lipinski definition) is 3. The molecule has 4 heteroatoms. The Morgan fingerprint density at radius 3 is 2.38 bits per heavy atom. The van der Waals surface area contributed by atoms with Crippen molar-refractivity contribution in [2.45, 2.75) is 0 Å². The molecular formula is C9H8O3S. The molecule has 0 saturated heterocycles. The van der Waals surface area contributed by atoms with E-state index in [0.29, 0.717) is 5.56 Å². The SMILES string of the molecule is O=S1(=O)OCC=C1c1ccccc1. The predicted molar refractivity (Wildman–Crippen MR) is 49.3 cm³/mol. The zero-order chi connectivity index (χ0) is 9.31. The first-order valence-corrected chi connectivity index (χ1v) is 5.26. The fourth-order valence-corrected chi connectivity index (χ4v) is 2.30. The van der Waals surface area contributed by atoms with Crippen molar-refractivity contribution in [3.63, 3.8) is 0 Å². The lowest BCUT2D eigenvalue weighted by Gasteiger charge is -2.00. The fraction of sp³-hybridized carbons (Fsp3) is 0.111. The Balaban J connectivity index is 2.50. The first kappa shape index (κ1) is 8.47. The van der Waals surface area contributed by atoms with E-state index >= 15 is 0 Å². The van der Waals surface area contributed by atoms with Gasteiger partial charge in [-0.2, -0.15) is 8.42 Å². The fourth-order valence-electron chi connectivity index (χ4n) is 1.23. The van der Waals surface area contributed by atoms with E-state index in [1.54, 1.807) is 30.3 Å². The van der Waals surface area contributed by atoms with Crippen molar-refractivity contribution in [1.82, 2.24) is 0 Å². The maximum Gasteiger partial charge on any atom is 0.297 e. The third kappa shape index (κ3) is 1.50. The summed E-state index contributed by atoms with van der Waals surface area (Å²) in [6.45, 7) is 0.145. The first-order chi connectivity index (χ1) is 6.20. The van der Waals surface area contributed by atoms with Gasteiger partial charge in [-0.15, -0.1) is 0 Å². The number of hydrogen-bond donors (Lipinski definition) is 0. The Hall–Kier alpha value is -1.13. The quantitative estimate of drug-likeness (QED) is 0.637. The van der Waals surface area contributed by atoms with Gasteiger partial charge in [0.2, 0.25) is 0 Å². The third-order valence-corrected chi connectivity index (χ3v) is 3.21. The van der Waals surface area contributed by atoms with Crippen LogP contribution in [-0.2, 0) is 14.3 Å². The molecule has 0 unspecified atom stereocenters. The molecule has 1 aromatic rings. The molecule has 0 fully saturated rings. The Morgan fingerprint density at radius 1 is 1.15 bits per heavy atom. The second-order valence-electron chi connectivity index (χ2n) is 2.67. The van der Waals surface area contributed by atoms with Gasteiger partial charge in [-0.3, -0.25) is 4.18 Å². The van der Waals surface area contributed by atoms with Crippen LogP contribution in [0.25, 0.3) is 4.91 Å². The Morgan fingerprint density at radius 2 is 1.85 bits per heavy atom. The average Bonchev–Trinajstić information content (AvgIpc) is 2.47. The van der Waals surface area contributed by atoms with Crippen LogP contribution in [0.2, 0.25) is 0 Å². The molecule has 0 spiro atoms. The van der Waals surface area contributed by atoms with Gasteiger partial charge in [-0.1, -0.05) is 30.3 Å². The van der Waals surface area contributed by atoms with Gasteiger partial charge in [-0.05, 0) is 11.6 Å². The molecule has 13 heavy (non-hydrogen) atoms. The van der Waals surface area contributed by atoms with Crippen molar-refractivity contribution in [2.24, 2.45) is 0 Å². The summed E-state index contributed by atoms with van der Waals surface area (Å²) < 4.78 is 27.1. The molecular weight excluding hydrogens is 188 g/mol. The minimum atomic E-state index is -3.48. The lowest BCUT2D eigenvalue weighted by atomic mass is 10.2. The number of rotatable bonds is 1. The van der Waals surface area contributed by atoms with E-state index < -0.39 is 10.1 Å². The van der Waals surface area contributed by atoms with E-state index in [9.17, 15) is 8.42 Å². The lowest BCUT2D eigenvalue weighted by molar-refractivity contribution is 0.375. The summed E-state index contributed by atoms with van der Waals surface area (Å²) in [5.74, 6) is 0. The van der Waals surface area contributed by atoms with Crippen LogP contribution in [0.15, 0.2) is 36.4 Å². The van der Waals surface area contributed by atoms with E-state index in [0.717, 1.165) is 0 Å². The van der Waals surface area contributed by atoms with Gasteiger partial charge in [0.1, 0.15) is 0 Å². The molecule has 0 amide bonds. The van der Waals surface area contributed by atoms with E-state index in [-0.39, 0.29) is 11.5 Å². The zero-order valence-corrected chi connectivity index (χ0v) is 7.62. The van der Waals surface area contributed by atoms with Crippen molar-refractivity contribution >= 4 is 15.0 Å². The monoisotopic (exact) mass is 196 g/mol. The maximum atomic E-state index is 11.3. The highest BCUT2D eigenvalue weighted by molar-refractivity contribution is 7.96. The van der Waals surface area contributed by atoms with Crippen LogP contribution in [0, 0.1) is 0 Å². The highest BCUT2D eigenvalue weighted by Gasteiger charge is 2.24. The highest BCUT2D eigenvalue weighted by atomic mass is 32.2. The van der Waals surface area contributed by atoms with Crippen molar-refractivity contribution in [2.75, 3.05) is 6.61 Å². The predicted octanol–water partition coefficient (Wildman–Crippen LogP) is 1.39. The summed E-state index contributed by atoms with van der Waals surface area (Å²) in [4.78, 5) is 0.271. The average molecular weight is 196 g/mol. The molecule has 1 aliphatic heterocycles. The summed E-state index contributed by atoms with van der Waals surface area (Å²) in [6.07, 6.45) is 1.57. The first-order valence-electron chi connectivity index (χ1n) is 3.85. The van der Waals surface area contributed by atoms with Gasteiger partial charge < -0.3 is 0 Å². The standard InChI is InChI=1S/C9H8O3S/c10-13(11)9(6-7-12-13)8-4-2-1-3-5-8/h1-6H,7H2. The van der Waals surface area contributed by atoms with E-state index in [1.807, 2.05) is 6.07 Å². The number of benzene rings is 1. The summed E-state index contributed by atoms with van der Waals surface area (Å²) in [5.41, 5.74) is 0.681. The largest absolute Gasteiger partial charge is 0.297 e. The molecule has 0 radical (unpaired) electrons. The van der Waals surface area contributed by atoms with Crippen LogP contribution in [0.5, 0.6) is 0 Å². The van der Waals surface area contributed by atoms with Crippen molar-refractivity contribution in [3.05, 3.63) is 42.0 Å². The summed E-state index contributed by atoms with van der Waals surface area (Å²) in [5, 5.41) is 0.